The van der Waals surface area contributed by atoms with Crippen LogP contribution in [0.3, 0.4) is 0 Å². The molecule has 3 aromatic carbocycles. The van der Waals surface area contributed by atoms with Gasteiger partial charge in [0.1, 0.15) is 5.82 Å². The van der Waals surface area contributed by atoms with E-state index in [9.17, 15) is 14.4 Å². The molecule has 4 amide bonds. The van der Waals surface area contributed by atoms with Gasteiger partial charge in [-0.05, 0) is 86.2 Å². The van der Waals surface area contributed by atoms with Gasteiger partial charge in [0.25, 0.3) is 0 Å². The smallest absolute Gasteiger partial charge is 0.337 e. The summed E-state index contributed by atoms with van der Waals surface area (Å²) in [5.41, 5.74) is 5.68. The molecule has 0 aliphatic carbocycles. The Labute approximate surface area is 270 Å². The number of nitrogens with zero attached hydrogens (tertiary/aromatic N) is 3. The molecule has 0 saturated carbocycles. The molecular weight excluding hydrogens is 580 g/mol. The van der Waals surface area contributed by atoms with Gasteiger partial charge in [0.15, 0.2) is 0 Å². The van der Waals surface area contributed by atoms with Crippen molar-refractivity contribution >= 4 is 35.2 Å². The number of ether oxygens (including phenoxy) is 1. The summed E-state index contributed by atoms with van der Waals surface area (Å²) < 4.78 is 6.48. The summed E-state index contributed by atoms with van der Waals surface area (Å²) in [7, 11) is 1.34. The van der Waals surface area contributed by atoms with E-state index in [-0.39, 0.29) is 17.5 Å². The molecule has 1 aliphatic heterocycles. The molecule has 240 valence electrons. The van der Waals surface area contributed by atoms with E-state index in [1.807, 2.05) is 66.4 Å². The van der Waals surface area contributed by atoms with Crippen LogP contribution in [0.1, 0.15) is 60.8 Å². The predicted octanol–water partition coefficient (Wildman–Crippen LogP) is 7.40. The zero-order valence-electron chi connectivity index (χ0n) is 27.1. The van der Waals surface area contributed by atoms with Crippen LogP contribution < -0.4 is 16.0 Å². The Morgan fingerprint density at radius 3 is 2.07 bits per heavy atom. The van der Waals surface area contributed by atoms with E-state index in [0.717, 1.165) is 36.2 Å². The van der Waals surface area contributed by atoms with Crippen molar-refractivity contribution < 1.29 is 19.1 Å². The van der Waals surface area contributed by atoms with Gasteiger partial charge in [0.2, 0.25) is 0 Å². The van der Waals surface area contributed by atoms with E-state index in [4.69, 9.17) is 9.84 Å². The van der Waals surface area contributed by atoms with Crippen molar-refractivity contribution in [2.24, 2.45) is 5.92 Å². The SMILES string of the molecule is COC(=O)c1ccc(NC(=O)N2CCC(Cc3ccc(NC(=O)Nc4cc(C(C)(C)C)nn4-c4ccc(C)cc4)cc3)CC2)cc1. The Morgan fingerprint density at radius 2 is 1.46 bits per heavy atom. The molecule has 4 aromatic rings. The standard InChI is InChI=1S/C36H42N6O4/c1-24-6-16-30(17-7-24)42-32(23-31(40-42)36(2,3)4)39-34(44)37-28-12-8-25(9-13-28)22-26-18-20-41(21-19-26)35(45)38-29-14-10-27(11-15-29)33(43)46-5/h6-17,23,26H,18-22H2,1-5H3,(H,38,45)(H2,37,39,44). The summed E-state index contributed by atoms with van der Waals surface area (Å²) in [4.78, 5) is 39.2. The molecule has 2 heterocycles. The van der Waals surface area contributed by atoms with Crippen LogP contribution in [0.4, 0.5) is 26.8 Å². The molecule has 1 aliphatic rings. The van der Waals surface area contributed by atoms with Crippen LogP contribution in [0.25, 0.3) is 5.69 Å². The number of methoxy groups -OCH3 is 1. The minimum Gasteiger partial charge on any atom is -0.465 e. The molecule has 10 heteroatoms. The number of piperidine rings is 1. The molecule has 3 N–H and O–H groups in total. The average Bonchev–Trinajstić information content (AvgIpc) is 3.47. The van der Waals surface area contributed by atoms with Crippen molar-refractivity contribution in [3.8, 4) is 5.69 Å². The molecule has 5 rings (SSSR count). The molecule has 1 fully saturated rings. The number of rotatable bonds is 7. The first-order valence-corrected chi connectivity index (χ1v) is 15.6. The number of aromatic nitrogens is 2. The molecule has 0 atom stereocenters. The first kappa shape index (κ1) is 32.3. The number of hydrogen-bond donors (Lipinski definition) is 3. The molecule has 10 nitrogen and oxygen atoms in total. The number of esters is 1. The van der Waals surface area contributed by atoms with Crippen molar-refractivity contribution in [3.05, 3.63) is 101 Å². The molecule has 0 unspecified atom stereocenters. The van der Waals surface area contributed by atoms with Crippen LogP contribution >= 0.6 is 0 Å². The Bertz CT molecular complexity index is 1660. The number of likely N-dealkylation sites (tertiary alicyclic amines) is 1. The van der Waals surface area contributed by atoms with Crippen LogP contribution in [0, 0.1) is 12.8 Å². The van der Waals surface area contributed by atoms with E-state index in [0.29, 0.717) is 41.8 Å². The third-order valence-electron chi connectivity index (χ3n) is 8.19. The lowest BCUT2D eigenvalue weighted by Crippen LogP contribution is -2.41. The normalized spacial score (nSPS) is 13.6. The van der Waals surface area contributed by atoms with Gasteiger partial charge in [0, 0.05) is 35.9 Å². The first-order valence-electron chi connectivity index (χ1n) is 15.6. The monoisotopic (exact) mass is 622 g/mol. The van der Waals surface area contributed by atoms with Crippen molar-refractivity contribution in [2.45, 2.75) is 52.4 Å². The van der Waals surface area contributed by atoms with E-state index < -0.39 is 5.97 Å². The lowest BCUT2D eigenvalue weighted by molar-refractivity contribution is 0.0600. The van der Waals surface area contributed by atoms with Crippen LogP contribution in [-0.4, -0.2) is 52.9 Å². The second-order valence-corrected chi connectivity index (χ2v) is 12.8. The lowest BCUT2D eigenvalue weighted by Gasteiger charge is -2.32. The highest BCUT2D eigenvalue weighted by molar-refractivity contribution is 5.99. The van der Waals surface area contributed by atoms with Crippen LogP contribution in [0.2, 0.25) is 0 Å². The third kappa shape index (κ3) is 8.12. The number of anilines is 3. The second kappa shape index (κ2) is 13.9. The van der Waals surface area contributed by atoms with Crippen molar-refractivity contribution in [2.75, 3.05) is 36.1 Å². The van der Waals surface area contributed by atoms with Crippen molar-refractivity contribution in [3.63, 3.8) is 0 Å². The van der Waals surface area contributed by atoms with Gasteiger partial charge in [0.05, 0.1) is 24.1 Å². The number of urea groups is 2. The first-order chi connectivity index (χ1) is 22.0. The van der Waals surface area contributed by atoms with Crippen LogP contribution in [-0.2, 0) is 16.6 Å². The number of nitrogens with one attached hydrogen (secondary N) is 3. The molecule has 1 saturated heterocycles. The summed E-state index contributed by atoms with van der Waals surface area (Å²) in [6.45, 7) is 9.67. The van der Waals surface area contributed by atoms with Gasteiger partial charge in [-0.3, -0.25) is 5.32 Å². The Balaban J connectivity index is 1.11. The highest BCUT2D eigenvalue weighted by Crippen LogP contribution is 2.27. The predicted molar refractivity (Wildman–Crippen MR) is 181 cm³/mol. The van der Waals surface area contributed by atoms with Gasteiger partial charge in [-0.15, -0.1) is 0 Å². The maximum atomic E-state index is 13.0. The van der Waals surface area contributed by atoms with Crippen molar-refractivity contribution in [1.29, 1.82) is 0 Å². The highest BCUT2D eigenvalue weighted by atomic mass is 16.5. The van der Waals surface area contributed by atoms with Gasteiger partial charge < -0.3 is 20.3 Å². The minimum atomic E-state index is -0.413. The summed E-state index contributed by atoms with van der Waals surface area (Å²) in [6, 6.07) is 24.0. The largest absolute Gasteiger partial charge is 0.465 e. The number of carbonyl (C=O) groups excluding carboxylic acids is 3. The quantitative estimate of drug-likeness (QED) is 0.186. The van der Waals surface area contributed by atoms with Crippen LogP contribution in [0.15, 0.2) is 78.9 Å². The average molecular weight is 623 g/mol. The van der Waals surface area contributed by atoms with E-state index in [1.165, 1.54) is 12.7 Å². The number of amides is 4. The Kier molecular flexibility index (Phi) is 9.75. The maximum Gasteiger partial charge on any atom is 0.337 e. The molecule has 1 aromatic heterocycles. The fraction of sp³-hybridized carbons (Fsp3) is 0.333. The van der Waals surface area contributed by atoms with E-state index in [1.54, 1.807) is 28.9 Å². The summed E-state index contributed by atoms with van der Waals surface area (Å²) in [5.74, 6) is 0.647. The van der Waals surface area contributed by atoms with Gasteiger partial charge in [-0.25, -0.2) is 19.1 Å². The summed E-state index contributed by atoms with van der Waals surface area (Å²) in [5, 5.41) is 13.6. The molecule has 0 spiro atoms. The number of hydrogen-bond acceptors (Lipinski definition) is 5. The number of carbonyl (C=O) groups is 3. The fourth-order valence-corrected chi connectivity index (χ4v) is 5.41. The topological polar surface area (TPSA) is 118 Å². The highest BCUT2D eigenvalue weighted by Gasteiger charge is 2.24. The van der Waals surface area contributed by atoms with Crippen LogP contribution in [0.5, 0.6) is 0 Å². The summed E-state index contributed by atoms with van der Waals surface area (Å²) >= 11 is 0. The third-order valence-corrected chi connectivity index (χ3v) is 8.19. The zero-order chi connectivity index (χ0) is 32.8. The second-order valence-electron chi connectivity index (χ2n) is 12.8. The Hall–Kier alpha value is -5.12. The maximum absolute atomic E-state index is 13.0. The van der Waals surface area contributed by atoms with E-state index >= 15 is 0 Å². The van der Waals surface area contributed by atoms with Gasteiger partial charge >= 0.3 is 18.0 Å². The van der Waals surface area contributed by atoms with Gasteiger partial charge in [-0.2, -0.15) is 5.10 Å². The van der Waals surface area contributed by atoms with Crippen molar-refractivity contribution in [1.82, 2.24) is 14.7 Å². The van der Waals surface area contributed by atoms with E-state index in [2.05, 4.69) is 36.7 Å². The number of aryl methyl sites for hydroxylation is 1. The summed E-state index contributed by atoms with van der Waals surface area (Å²) in [6.07, 6.45) is 2.72. The fourth-order valence-electron chi connectivity index (χ4n) is 5.41. The minimum absolute atomic E-state index is 0.144. The number of benzene rings is 3. The lowest BCUT2D eigenvalue weighted by atomic mass is 9.90. The molecular formula is C36H42N6O4. The Morgan fingerprint density at radius 1 is 0.848 bits per heavy atom. The molecule has 46 heavy (non-hydrogen) atoms. The van der Waals surface area contributed by atoms with Gasteiger partial charge in [-0.1, -0.05) is 50.6 Å². The molecule has 0 bridgehead atoms. The zero-order valence-corrected chi connectivity index (χ0v) is 27.1. The molecule has 0 radical (unpaired) electrons.